The van der Waals surface area contributed by atoms with Crippen molar-refractivity contribution in [1.29, 1.82) is 0 Å². The van der Waals surface area contributed by atoms with Gasteiger partial charge in [0.25, 0.3) is 0 Å². The number of hydrogen-bond acceptors (Lipinski definition) is 7. The van der Waals surface area contributed by atoms with Gasteiger partial charge in [0.2, 0.25) is 11.8 Å². The van der Waals surface area contributed by atoms with Gasteiger partial charge in [0, 0.05) is 64.9 Å². The van der Waals surface area contributed by atoms with Crippen LogP contribution in [0.15, 0.2) is 12.4 Å². The van der Waals surface area contributed by atoms with Gasteiger partial charge in [-0.25, -0.2) is 9.97 Å². The molecule has 0 saturated carbocycles. The zero-order valence-electron chi connectivity index (χ0n) is 18.7. The number of amides is 2. The number of aromatic nitrogens is 4. The Balaban J connectivity index is 1.44. The van der Waals surface area contributed by atoms with E-state index in [1.807, 2.05) is 18.1 Å². The Labute approximate surface area is 187 Å². The summed E-state index contributed by atoms with van der Waals surface area (Å²) in [6.07, 6.45) is 5.21. The number of carbonyl (C=O) groups excluding carboxylic acids is 2. The molecule has 2 saturated heterocycles. The lowest BCUT2D eigenvalue weighted by Crippen LogP contribution is -2.44. The SMILES string of the molecule is CC(=O)N1CCc2nc(N3CCC(C(=O)N4CCOCC4)C3)c(-c3cnn(C)c3)nc2C1. The molecule has 1 unspecified atom stereocenters. The highest BCUT2D eigenvalue weighted by molar-refractivity contribution is 5.81. The zero-order chi connectivity index (χ0) is 22.2. The van der Waals surface area contributed by atoms with Crippen LogP contribution in [0.3, 0.4) is 0 Å². The lowest BCUT2D eigenvalue weighted by Gasteiger charge is -2.30. The Morgan fingerprint density at radius 3 is 2.59 bits per heavy atom. The summed E-state index contributed by atoms with van der Waals surface area (Å²) in [4.78, 5) is 40.8. The maximum Gasteiger partial charge on any atom is 0.227 e. The Morgan fingerprint density at radius 1 is 1.06 bits per heavy atom. The highest BCUT2D eigenvalue weighted by atomic mass is 16.5. The van der Waals surface area contributed by atoms with Gasteiger partial charge in [0.15, 0.2) is 5.82 Å². The van der Waals surface area contributed by atoms with Crippen molar-refractivity contribution in [2.45, 2.75) is 26.3 Å². The van der Waals surface area contributed by atoms with Crippen LogP contribution in [-0.4, -0.2) is 87.3 Å². The summed E-state index contributed by atoms with van der Waals surface area (Å²) in [6, 6.07) is 0. The Kier molecular flexibility index (Phi) is 5.54. The number of rotatable bonds is 3. The van der Waals surface area contributed by atoms with Crippen LogP contribution in [0.1, 0.15) is 24.7 Å². The minimum Gasteiger partial charge on any atom is -0.378 e. The first-order valence-electron chi connectivity index (χ1n) is 11.3. The summed E-state index contributed by atoms with van der Waals surface area (Å²) >= 11 is 0. The van der Waals surface area contributed by atoms with Gasteiger partial charge in [-0.3, -0.25) is 14.3 Å². The van der Waals surface area contributed by atoms with Gasteiger partial charge in [0.05, 0.1) is 43.3 Å². The van der Waals surface area contributed by atoms with Crippen molar-refractivity contribution in [3.05, 3.63) is 23.8 Å². The third kappa shape index (κ3) is 3.94. The molecule has 3 aliphatic heterocycles. The maximum atomic E-state index is 13.0. The number of aryl methyl sites for hydroxylation is 1. The smallest absolute Gasteiger partial charge is 0.227 e. The molecule has 10 nitrogen and oxygen atoms in total. The van der Waals surface area contributed by atoms with E-state index >= 15 is 0 Å². The van der Waals surface area contributed by atoms with Crippen LogP contribution in [0, 0.1) is 5.92 Å². The van der Waals surface area contributed by atoms with Crippen LogP contribution in [0.5, 0.6) is 0 Å². The summed E-state index contributed by atoms with van der Waals surface area (Å²) in [5.41, 5.74) is 3.43. The van der Waals surface area contributed by atoms with Crippen LogP contribution in [0.25, 0.3) is 11.3 Å². The van der Waals surface area contributed by atoms with Crippen molar-refractivity contribution >= 4 is 17.6 Å². The van der Waals surface area contributed by atoms with E-state index in [9.17, 15) is 9.59 Å². The zero-order valence-corrected chi connectivity index (χ0v) is 18.7. The number of carbonyl (C=O) groups is 2. The van der Waals surface area contributed by atoms with E-state index in [4.69, 9.17) is 14.7 Å². The minimum absolute atomic E-state index is 0.0408. The highest BCUT2D eigenvalue weighted by Crippen LogP contribution is 2.33. The molecule has 2 aromatic rings. The first-order valence-corrected chi connectivity index (χ1v) is 11.3. The number of anilines is 1. The molecule has 0 radical (unpaired) electrons. The fourth-order valence-corrected chi connectivity index (χ4v) is 4.74. The first-order chi connectivity index (χ1) is 15.5. The summed E-state index contributed by atoms with van der Waals surface area (Å²) in [5, 5.41) is 4.31. The molecule has 3 aliphatic rings. The lowest BCUT2D eigenvalue weighted by molar-refractivity contribution is -0.139. The van der Waals surface area contributed by atoms with Crippen molar-refractivity contribution in [1.82, 2.24) is 29.5 Å². The largest absolute Gasteiger partial charge is 0.378 e. The maximum absolute atomic E-state index is 13.0. The van der Waals surface area contributed by atoms with Crippen LogP contribution >= 0.6 is 0 Å². The highest BCUT2D eigenvalue weighted by Gasteiger charge is 2.35. The summed E-state index contributed by atoms with van der Waals surface area (Å²) in [5.74, 6) is 1.03. The number of nitrogens with zero attached hydrogens (tertiary/aromatic N) is 7. The molecular formula is C22H29N7O3. The molecule has 2 fully saturated rings. The standard InChI is InChI=1S/C22H29N7O3/c1-15(30)28-6-4-18-19(14-28)24-20(17-11-23-26(2)12-17)21(25-18)29-5-3-16(13-29)22(31)27-7-9-32-10-8-27/h11-12,16H,3-10,13-14H2,1-2H3. The molecule has 5 heterocycles. The van der Waals surface area contributed by atoms with Crippen LogP contribution < -0.4 is 4.90 Å². The van der Waals surface area contributed by atoms with E-state index in [2.05, 4.69) is 10.00 Å². The molecule has 0 aliphatic carbocycles. The van der Waals surface area contributed by atoms with Crippen molar-refractivity contribution < 1.29 is 14.3 Å². The summed E-state index contributed by atoms with van der Waals surface area (Å²) in [6.45, 7) is 6.68. The van der Waals surface area contributed by atoms with Crippen molar-refractivity contribution in [2.24, 2.45) is 13.0 Å². The van der Waals surface area contributed by atoms with Gasteiger partial charge in [0.1, 0.15) is 5.69 Å². The van der Waals surface area contributed by atoms with Gasteiger partial charge in [-0.2, -0.15) is 5.10 Å². The second kappa shape index (κ2) is 8.50. The predicted octanol–water partition coefficient (Wildman–Crippen LogP) is 0.467. The molecule has 32 heavy (non-hydrogen) atoms. The van der Waals surface area contributed by atoms with E-state index in [1.54, 1.807) is 22.7 Å². The fourth-order valence-electron chi connectivity index (χ4n) is 4.74. The van der Waals surface area contributed by atoms with Crippen molar-refractivity contribution in [3.8, 4) is 11.3 Å². The molecule has 2 aromatic heterocycles. The Morgan fingerprint density at radius 2 is 1.88 bits per heavy atom. The first kappa shape index (κ1) is 20.9. The van der Waals surface area contributed by atoms with Crippen LogP contribution in [0.4, 0.5) is 5.82 Å². The molecule has 0 aromatic carbocycles. The topological polar surface area (TPSA) is 96.7 Å². The van der Waals surface area contributed by atoms with E-state index in [-0.39, 0.29) is 17.7 Å². The molecule has 0 bridgehead atoms. The lowest BCUT2D eigenvalue weighted by atomic mass is 10.1. The third-order valence-corrected chi connectivity index (χ3v) is 6.58. The molecule has 10 heteroatoms. The van der Waals surface area contributed by atoms with E-state index in [1.165, 1.54) is 0 Å². The predicted molar refractivity (Wildman–Crippen MR) is 117 cm³/mol. The Hall–Kier alpha value is -3.01. The molecule has 1 atom stereocenters. The van der Waals surface area contributed by atoms with Crippen LogP contribution in [0.2, 0.25) is 0 Å². The molecule has 5 rings (SSSR count). The monoisotopic (exact) mass is 439 g/mol. The second-order valence-corrected chi connectivity index (χ2v) is 8.75. The number of hydrogen-bond donors (Lipinski definition) is 0. The van der Waals surface area contributed by atoms with E-state index < -0.39 is 0 Å². The van der Waals surface area contributed by atoms with Gasteiger partial charge in [-0.15, -0.1) is 0 Å². The van der Waals surface area contributed by atoms with Crippen molar-refractivity contribution in [3.63, 3.8) is 0 Å². The summed E-state index contributed by atoms with van der Waals surface area (Å²) < 4.78 is 7.14. The van der Waals surface area contributed by atoms with Crippen LogP contribution in [-0.2, 0) is 34.3 Å². The average Bonchev–Trinajstić information content (AvgIpc) is 3.47. The van der Waals surface area contributed by atoms with Gasteiger partial charge in [-0.05, 0) is 6.42 Å². The molecule has 170 valence electrons. The summed E-state index contributed by atoms with van der Waals surface area (Å²) in [7, 11) is 1.87. The van der Waals surface area contributed by atoms with Gasteiger partial charge in [-0.1, -0.05) is 0 Å². The number of morpholine rings is 1. The van der Waals surface area contributed by atoms with E-state index in [0.717, 1.165) is 41.4 Å². The van der Waals surface area contributed by atoms with E-state index in [0.29, 0.717) is 52.4 Å². The molecule has 2 amide bonds. The van der Waals surface area contributed by atoms with Crippen molar-refractivity contribution in [2.75, 3.05) is 50.8 Å². The normalized spacial score (nSPS) is 21.1. The molecule has 0 spiro atoms. The quantitative estimate of drug-likeness (QED) is 0.686. The molecular weight excluding hydrogens is 410 g/mol. The number of ether oxygens (including phenoxy) is 1. The third-order valence-electron chi connectivity index (χ3n) is 6.58. The fraction of sp³-hybridized carbons (Fsp3) is 0.591. The second-order valence-electron chi connectivity index (χ2n) is 8.75. The molecule has 0 N–H and O–H groups in total. The average molecular weight is 440 g/mol. The van der Waals surface area contributed by atoms with Gasteiger partial charge < -0.3 is 19.4 Å². The Bertz CT molecular complexity index is 1030. The van der Waals surface area contributed by atoms with Gasteiger partial charge >= 0.3 is 0 Å². The number of fused-ring (bicyclic) bond motifs is 1. The minimum atomic E-state index is -0.0408.